The van der Waals surface area contributed by atoms with E-state index in [9.17, 15) is 14.4 Å². The molecule has 0 fully saturated rings. The highest BCUT2D eigenvalue weighted by molar-refractivity contribution is 7.98. The lowest BCUT2D eigenvalue weighted by Crippen LogP contribution is -2.21. The number of ether oxygens (including phenoxy) is 1. The molecule has 0 N–H and O–H groups in total. The summed E-state index contributed by atoms with van der Waals surface area (Å²) in [5.74, 6) is -0.644. The van der Waals surface area contributed by atoms with Crippen LogP contribution >= 0.6 is 11.8 Å². The third-order valence-corrected chi connectivity index (χ3v) is 5.09. The number of benzene rings is 1. The predicted octanol–water partition coefficient (Wildman–Crippen LogP) is 3.66. The zero-order chi connectivity index (χ0) is 22.0. The van der Waals surface area contributed by atoms with E-state index in [0.29, 0.717) is 27.6 Å². The first-order valence-corrected chi connectivity index (χ1v) is 10.2. The van der Waals surface area contributed by atoms with Crippen molar-refractivity contribution in [1.29, 1.82) is 0 Å². The van der Waals surface area contributed by atoms with Crippen LogP contribution in [-0.2, 0) is 5.75 Å². The van der Waals surface area contributed by atoms with Gasteiger partial charge in [-0.1, -0.05) is 30.0 Å². The third-order valence-electron chi connectivity index (χ3n) is 4.22. The number of thioether (sulfide) groups is 1. The molecule has 3 aromatic heterocycles. The Morgan fingerprint density at radius 1 is 1.06 bits per heavy atom. The van der Waals surface area contributed by atoms with Crippen LogP contribution in [0.5, 0.6) is 5.75 Å². The number of aryl methyl sites for hydroxylation is 2. The Balaban J connectivity index is 1.49. The van der Waals surface area contributed by atoms with Gasteiger partial charge in [-0.3, -0.25) is 4.79 Å². The second-order valence-electron chi connectivity index (χ2n) is 6.67. The van der Waals surface area contributed by atoms with E-state index in [0.717, 1.165) is 17.7 Å². The standard InChI is InChI=1S/C22H16N2O6S/c1-12-7-13(2)24-22(23-12)31-11-15-9-17(25)19(10-28-15)30-21(27)16-8-14-5-3-4-6-18(14)29-20(16)26/h3-10H,11H2,1-2H3. The highest BCUT2D eigenvalue weighted by Crippen LogP contribution is 2.20. The minimum absolute atomic E-state index is 0.315. The molecule has 0 bridgehead atoms. The van der Waals surface area contributed by atoms with Crippen molar-refractivity contribution in [2.45, 2.75) is 24.8 Å². The number of nitrogens with zero attached hydrogens (tertiary/aromatic N) is 2. The fraction of sp³-hybridized carbons (Fsp3) is 0.136. The van der Waals surface area contributed by atoms with Crippen molar-refractivity contribution in [2.24, 2.45) is 0 Å². The number of hydrogen-bond donors (Lipinski definition) is 0. The molecule has 4 aromatic rings. The van der Waals surface area contributed by atoms with Crippen LogP contribution in [0.2, 0.25) is 0 Å². The Kier molecular flexibility index (Phi) is 5.68. The average Bonchev–Trinajstić information content (AvgIpc) is 2.72. The number of hydrogen-bond acceptors (Lipinski definition) is 9. The highest BCUT2D eigenvalue weighted by atomic mass is 32.2. The SMILES string of the molecule is Cc1cc(C)nc(SCc2cc(=O)c(OC(=O)c3cc4ccccc4oc3=O)co2)n1. The molecular formula is C22H16N2O6S. The van der Waals surface area contributed by atoms with Gasteiger partial charge in [-0.2, -0.15) is 0 Å². The van der Waals surface area contributed by atoms with E-state index in [1.165, 1.54) is 23.9 Å². The number of carbonyl (C=O) groups excluding carboxylic acids is 1. The van der Waals surface area contributed by atoms with Gasteiger partial charge in [-0.05, 0) is 32.0 Å². The molecule has 0 spiro atoms. The lowest BCUT2D eigenvalue weighted by atomic mass is 10.2. The number of esters is 1. The van der Waals surface area contributed by atoms with Crippen molar-refractivity contribution in [1.82, 2.24) is 9.97 Å². The molecule has 0 unspecified atom stereocenters. The molecule has 0 aliphatic heterocycles. The summed E-state index contributed by atoms with van der Waals surface area (Å²) in [5.41, 5.74) is 0.313. The lowest BCUT2D eigenvalue weighted by molar-refractivity contribution is 0.0724. The largest absolute Gasteiger partial charge is 0.464 e. The van der Waals surface area contributed by atoms with Crippen molar-refractivity contribution in [3.05, 3.63) is 92.1 Å². The van der Waals surface area contributed by atoms with Crippen LogP contribution in [0, 0.1) is 13.8 Å². The molecule has 3 heterocycles. The van der Waals surface area contributed by atoms with Gasteiger partial charge in [0.15, 0.2) is 5.16 Å². The van der Waals surface area contributed by atoms with E-state index >= 15 is 0 Å². The molecule has 9 heteroatoms. The summed E-state index contributed by atoms with van der Waals surface area (Å²) in [6.07, 6.45) is 1.04. The van der Waals surface area contributed by atoms with Gasteiger partial charge in [0, 0.05) is 22.8 Å². The zero-order valence-corrected chi connectivity index (χ0v) is 17.4. The fourth-order valence-corrected chi connectivity index (χ4v) is 3.68. The molecule has 4 rings (SSSR count). The molecule has 8 nitrogen and oxygen atoms in total. The molecule has 0 aliphatic rings. The summed E-state index contributed by atoms with van der Waals surface area (Å²) in [7, 11) is 0. The normalized spacial score (nSPS) is 10.9. The summed E-state index contributed by atoms with van der Waals surface area (Å²) in [5, 5.41) is 1.13. The Morgan fingerprint density at radius 3 is 2.55 bits per heavy atom. The lowest BCUT2D eigenvalue weighted by Gasteiger charge is -2.05. The minimum atomic E-state index is -1.00. The second kappa shape index (κ2) is 8.57. The van der Waals surface area contributed by atoms with E-state index in [4.69, 9.17) is 13.6 Å². The van der Waals surface area contributed by atoms with Crippen molar-refractivity contribution in [2.75, 3.05) is 0 Å². The maximum absolute atomic E-state index is 12.4. The molecule has 0 radical (unpaired) electrons. The fourth-order valence-electron chi connectivity index (χ4n) is 2.84. The molecule has 0 saturated heterocycles. The van der Waals surface area contributed by atoms with E-state index in [1.807, 2.05) is 19.9 Å². The first-order valence-electron chi connectivity index (χ1n) is 9.21. The third kappa shape index (κ3) is 4.72. The van der Waals surface area contributed by atoms with Crippen LogP contribution in [0.4, 0.5) is 0 Å². The molecule has 0 atom stereocenters. The van der Waals surface area contributed by atoms with Crippen LogP contribution in [0.1, 0.15) is 27.5 Å². The zero-order valence-electron chi connectivity index (χ0n) is 16.6. The van der Waals surface area contributed by atoms with Crippen LogP contribution in [0.3, 0.4) is 0 Å². The van der Waals surface area contributed by atoms with Gasteiger partial charge in [0.05, 0.1) is 5.75 Å². The maximum Gasteiger partial charge on any atom is 0.351 e. The number of fused-ring (bicyclic) bond motifs is 1. The van der Waals surface area contributed by atoms with Gasteiger partial charge in [0.25, 0.3) is 0 Å². The first kappa shape index (κ1) is 20.5. The average molecular weight is 436 g/mol. The Bertz CT molecular complexity index is 1390. The second-order valence-corrected chi connectivity index (χ2v) is 7.61. The maximum atomic E-state index is 12.4. The topological polar surface area (TPSA) is 112 Å². The molecule has 0 aliphatic carbocycles. The van der Waals surface area contributed by atoms with Gasteiger partial charge in [0.2, 0.25) is 11.2 Å². The summed E-state index contributed by atoms with van der Waals surface area (Å²) < 4.78 is 15.6. The van der Waals surface area contributed by atoms with E-state index in [1.54, 1.807) is 24.3 Å². The summed E-state index contributed by atoms with van der Waals surface area (Å²) in [6, 6.07) is 11.2. The highest BCUT2D eigenvalue weighted by Gasteiger charge is 2.18. The van der Waals surface area contributed by atoms with Crippen molar-refractivity contribution >= 4 is 28.7 Å². The molecule has 1 aromatic carbocycles. The number of aromatic nitrogens is 2. The predicted molar refractivity (Wildman–Crippen MR) is 113 cm³/mol. The number of rotatable bonds is 5. The summed E-state index contributed by atoms with van der Waals surface area (Å²) in [4.78, 5) is 45.5. The monoisotopic (exact) mass is 436 g/mol. The van der Waals surface area contributed by atoms with Crippen LogP contribution in [-0.4, -0.2) is 15.9 Å². The van der Waals surface area contributed by atoms with Gasteiger partial charge >= 0.3 is 11.6 Å². The number of para-hydroxylation sites is 1. The molecular weight excluding hydrogens is 420 g/mol. The van der Waals surface area contributed by atoms with Crippen LogP contribution in [0.15, 0.2) is 72.3 Å². The van der Waals surface area contributed by atoms with E-state index < -0.39 is 17.0 Å². The van der Waals surface area contributed by atoms with Gasteiger partial charge < -0.3 is 13.6 Å². The Morgan fingerprint density at radius 2 is 1.81 bits per heavy atom. The van der Waals surface area contributed by atoms with Crippen molar-refractivity contribution < 1.29 is 18.4 Å². The van der Waals surface area contributed by atoms with Gasteiger partial charge in [0.1, 0.15) is 23.2 Å². The molecule has 156 valence electrons. The van der Waals surface area contributed by atoms with Gasteiger partial charge in [-0.15, -0.1) is 0 Å². The quantitative estimate of drug-likeness (QED) is 0.200. The van der Waals surface area contributed by atoms with E-state index in [-0.39, 0.29) is 11.3 Å². The molecule has 31 heavy (non-hydrogen) atoms. The minimum Gasteiger partial charge on any atom is -0.464 e. The summed E-state index contributed by atoms with van der Waals surface area (Å²) >= 11 is 1.31. The molecule has 0 amide bonds. The Hall–Kier alpha value is -3.72. The van der Waals surface area contributed by atoms with Crippen LogP contribution < -0.4 is 15.8 Å². The number of carbonyl (C=O) groups is 1. The smallest absolute Gasteiger partial charge is 0.351 e. The van der Waals surface area contributed by atoms with Gasteiger partial charge in [-0.25, -0.2) is 19.6 Å². The molecule has 0 saturated carbocycles. The van der Waals surface area contributed by atoms with E-state index in [2.05, 4.69) is 9.97 Å². The first-order chi connectivity index (χ1) is 14.9. The Labute approximate surface area is 179 Å². The summed E-state index contributed by atoms with van der Waals surface area (Å²) in [6.45, 7) is 3.75. The van der Waals surface area contributed by atoms with Crippen molar-refractivity contribution in [3.8, 4) is 5.75 Å². The van der Waals surface area contributed by atoms with Crippen molar-refractivity contribution in [3.63, 3.8) is 0 Å². The van der Waals surface area contributed by atoms with Crippen LogP contribution in [0.25, 0.3) is 11.0 Å².